The average molecular weight is 429 g/mol. The molecule has 3 aromatic heterocycles. The molecule has 0 aliphatic rings. The Bertz CT molecular complexity index is 1120. The standard InChI is InChI=1S/C18H14BrFN6O/c19-14-11-25(10-12-4-1-2-5-15(12)20)24-18(14)23-17(27)8-13-9-21-16-6-3-7-22-26(13)16/h1-7,9,11H,8,10H2,(H,23,24,27). The summed E-state index contributed by atoms with van der Waals surface area (Å²) in [5, 5.41) is 11.3. The van der Waals surface area contributed by atoms with Crippen LogP contribution in [0.25, 0.3) is 5.65 Å². The van der Waals surface area contributed by atoms with Crippen molar-refractivity contribution < 1.29 is 9.18 Å². The zero-order valence-electron chi connectivity index (χ0n) is 14.0. The lowest BCUT2D eigenvalue weighted by Crippen LogP contribution is -2.17. The van der Waals surface area contributed by atoms with Crippen LogP contribution in [0.3, 0.4) is 0 Å². The molecule has 0 saturated heterocycles. The van der Waals surface area contributed by atoms with Crippen molar-refractivity contribution in [1.82, 2.24) is 24.4 Å². The molecule has 27 heavy (non-hydrogen) atoms. The summed E-state index contributed by atoms with van der Waals surface area (Å²) in [6.45, 7) is 0.262. The van der Waals surface area contributed by atoms with E-state index in [1.807, 2.05) is 6.07 Å². The van der Waals surface area contributed by atoms with Gasteiger partial charge in [-0.15, -0.1) is 0 Å². The third-order valence-corrected chi connectivity index (χ3v) is 4.54. The first kappa shape index (κ1) is 17.3. The summed E-state index contributed by atoms with van der Waals surface area (Å²) in [5.74, 6) is -0.174. The molecule has 4 rings (SSSR count). The topological polar surface area (TPSA) is 77.1 Å². The van der Waals surface area contributed by atoms with Crippen LogP contribution in [0.1, 0.15) is 11.3 Å². The number of amides is 1. The molecule has 0 atom stereocenters. The molecule has 0 radical (unpaired) electrons. The van der Waals surface area contributed by atoms with Crippen LogP contribution in [0, 0.1) is 5.82 Å². The molecule has 0 aliphatic carbocycles. The Balaban J connectivity index is 1.47. The van der Waals surface area contributed by atoms with Gasteiger partial charge in [0.2, 0.25) is 5.91 Å². The van der Waals surface area contributed by atoms with E-state index in [1.165, 1.54) is 6.07 Å². The molecule has 136 valence electrons. The Morgan fingerprint density at radius 3 is 2.93 bits per heavy atom. The number of rotatable bonds is 5. The lowest BCUT2D eigenvalue weighted by molar-refractivity contribution is -0.115. The van der Waals surface area contributed by atoms with Gasteiger partial charge in [-0.05, 0) is 34.1 Å². The van der Waals surface area contributed by atoms with Crippen molar-refractivity contribution >= 4 is 33.3 Å². The monoisotopic (exact) mass is 428 g/mol. The first-order valence-corrected chi connectivity index (χ1v) is 8.93. The molecule has 1 aromatic carbocycles. The lowest BCUT2D eigenvalue weighted by atomic mass is 10.2. The summed E-state index contributed by atoms with van der Waals surface area (Å²) in [4.78, 5) is 16.6. The number of nitrogens with zero attached hydrogens (tertiary/aromatic N) is 5. The normalized spacial score (nSPS) is 11.0. The van der Waals surface area contributed by atoms with Crippen molar-refractivity contribution in [1.29, 1.82) is 0 Å². The predicted molar refractivity (Wildman–Crippen MR) is 101 cm³/mol. The lowest BCUT2D eigenvalue weighted by Gasteiger charge is -2.04. The number of carbonyl (C=O) groups is 1. The van der Waals surface area contributed by atoms with Gasteiger partial charge in [-0.3, -0.25) is 9.48 Å². The molecular weight excluding hydrogens is 415 g/mol. The van der Waals surface area contributed by atoms with Gasteiger partial charge in [0.25, 0.3) is 0 Å². The number of hydrogen-bond acceptors (Lipinski definition) is 4. The third-order valence-electron chi connectivity index (χ3n) is 3.96. The van der Waals surface area contributed by atoms with Crippen molar-refractivity contribution in [3.8, 4) is 0 Å². The van der Waals surface area contributed by atoms with E-state index >= 15 is 0 Å². The van der Waals surface area contributed by atoms with Gasteiger partial charge in [0.15, 0.2) is 11.5 Å². The summed E-state index contributed by atoms with van der Waals surface area (Å²) in [5.41, 5.74) is 1.86. The number of halogens is 2. The third kappa shape index (κ3) is 3.72. The molecule has 0 spiro atoms. The highest BCUT2D eigenvalue weighted by molar-refractivity contribution is 9.10. The second-order valence-corrected chi connectivity index (χ2v) is 6.74. The molecule has 7 nitrogen and oxygen atoms in total. The van der Waals surface area contributed by atoms with Crippen LogP contribution in [0.4, 0.5) is 10.2 Å². The fraction of sp³-hybridized carbons (Fsp3) is 0.111. The number of imidazole rings is 1. The minimum Gasteiger partial charge on any atom is -0.308 e. The Kier molecular flexibility index (Phi) is 4.68. The van der Waals surface area contributed by atoms with Crippen LogP contribution in [-0.2, 0) is 17.8 Å². The number of aromatic nitrogens is 5. The maximum Gasteiger partial charge on any atom is 0.231 e. The first-order valence-electron chi connectivity index (χ1n) is 8.14. The quantitative estimate of drug-likeness (QED) is 0.529. The van der Waals surface area contributed by atoms with Gasteiger partial charge in [0, 0.05) is 18.0 Å². The van der Waals surface area contributed by atoms with Gasteiger partial charge < -0.3 is 5.32 Å². The van der Waals surface area contributed by atoms with Crippen LogP contribution < -0.4 is 5.32 Å². The molecule has 1 amide bonds. The van der Waals surface area contributed by atoms with Crippen LogP contribution in [-0.4, -0.2) is 30.3 Å². The minimum atomic E-state index is -0.296. The summed E-state index contributed by atoms with van der Waals surface area (Å²) >= 11 is 3.37. The van der Waals surface area contributed by atoms with E-state index in [1.54, 1.807) is 52.1 Å². The second kappa shape index (κ2) is 7.28. The van der Waals surface area contributed by atoms with E-state index in [9.17, 15) is 9.18 Å². The van der Waals surface area contributed by atoms with Crippen molar-refractivity contribution in [2.75, 3.05) is 5.32 Å². The highest BCUT2D eigenvalue weighted by Gasteiger charge is 2.14. The van der Waals surface area contributed by atoms with Gasteiger partial charge in [-0.25, -0.2) is 13.9 Å². The maximum atomic E-state index is 13.8. The highest BCUT2D eigenvalue weighted by atomic mass is 79.9. The largest absolute Gasteiger partial charge is 0.308 e. The smallest absolute Gasteiger partial charge is 0.231 e. The molecule has 3 heterocycles. The van der Waals surface area contributed by atoms with E-state index in [0.29, 0.717) is 27.2 Å². The molecule has 0 aliphatic heterocycles. The zero-order valence-corrected chi connectivity index (χ0v) is 15.6. The van der Waals surface area contributed by atoms with Gasteiger partial charge >= 0.3 is 0 Å². The predicted octanol–water partition coefficient (Wildman–Crippen LogP) is 3.06. The van der Waals surface area contributed by atoms with Crippen LogP contribution >= 0.6 is 15.9 Å². The zero-order chi connectivity index (χ0) is 18.8. The van der Waals surface area contributed by atoms with Crippen molar-refractivity contribution in [2.45, 2.75) is 13.0 Å². The number of anilines is 1. The number of benzene rings is 1. The molecule has 0 fully saturated rings. The number of fused-ring (bicyclic) bond motifs is 1. The molecule has 0 unspecified atom stereocenters. The van der Waals surface area contributed by atoms with Gasteiger partial charge in [-0.2, -0.15) is 10.2 Å². The van der Waals surface area contributed by atoms with E-state index in [-0.39, 0.29) is 24.7 Å². The van der Waals surface area contributed by atoms with Gasteiger partial charge in [0.05, 0.1) is 29.3 Å². The van der Waals surface area contributed by atoms with Gasteiger partial charge in [0.1, 0.15) is 5.82 Å². The number of carbonyl (C=O) groups excluding carboxylic acids is 1. The van der Waals surface area contributed by atoms with Crippen LogP contribution in [0.2, 0.25) is 0 Å². The Morgan fingerprint density at radius 2 is 2.07 bits per heavy atom. The summed E-state index contributed by atoms with van der Waals surface area (Å²) in [6, 6.07) is 10.1. The fourth-order valence-corrected chi connectivity index (χ4v) is 3.12. The highest BCUT2D eigenvalue weighted by Crippen LogP contribution is 2.21. The SMILES string of the molecule is O=C(Cc1cnc2cccnn12)Nc1nn(Cc2ccccc2F)cc1Br. The molecule has 0 saturated carbocycles. The molecule has 9 heteroatoms. The van der Waals surface area contributed by atoms with E-state index < -0.39 is 0 Å². The first-order chi connectivity index (χ1) is 13.1. The van der Waals surface area contributed by atoms with E-state index in [4.69, 9.17) is 0 Å². The second-order valence-electron chi connectivity index (χ2n) is 5.88. The summed E-state index contributed by atoms with van der Waals surface area (Å²) in [6.07, 6.45) is 5.05. The molecule has 1 N–H and O–H groups in total. The molecular formula is C18H14BrFN6O. The molecule has 0 bridgehead atoms. The van der Waals surface area contributed by atoms with Gasteiger partial charge in [-0.1, -0.05) is 18.2 Å². The Hall–Kier alpha value is -3.07. The molecule has 4 aromatic rings. The van der Waals surface area contributed by atoms with Crippen molar-refractivity contribution in [3.63, 3.8) is 0 Å². The fourth-order valence-electron chi connectivity index (χ4n) is 2.70. The number of hydrogen-bond donors (Lipinski definition) is 1. The van der Waals surface area contributed by atoms with Crippen molar-refractivity contribution in [3.05, 3.63) is 76.5 Å². The van der Waals surface area contributed by atoms with E-state index in [0.717, 1.165) is 0 Å². The van der Waals surface area contributed by atoms with Crippen molar-refractivity contribution in [2.24, 2.45) is 0 Å². The maximum absolute atomic E-state index is 13.8. The average Bonchev–Trinajstić information content (AvgIpc) is 3.21. The van der Waals surface area contributed by atoms with E-state index in [2.05, 4.69) is 36.4 Å². The Labute approximate surface area is 162 Å². The Morgan fingerprint density at radius 1 is 1.22 bits per heavy atom. The minimum absolute atomic E-state index is 0.102. The van der Waals surface area contributed by atoms with Crippen LogP contribution in [0.15, 0.2) is 59.5 Å². The summed E-state index contributed by atoms with van der Waals surface area (Å²) in [7, 11) is 0. The summed E-state index contributed by atoms with van der Waals surface area (Å²) < 4.78 is 17.6. The van der Waals surface area contributed by atoms with Crippen LogP contribution in [0.5, 0.6) is 0 Å². The number of nitrogens with one attached hydrogen (secondary N) is 1.